The fourth-order valence-corrected chi connectivity index (χ4v) is 3.90. The van der Waals surface area contributed by atoms with Crippen LogP contribution in [0.2, 0.25) is 5.02 Å². The summed E-state index contributed by atoms with van der Waals surface area (Å²) in [6.07, 6.45) is 9.22. The van der Waals surface area contributed by atoms with Gasteiger partial charge in [0.25, 0.3) is 0 Å². The third-order valence-corrected chi connectivity index (χ3v) is 5.77. The topological polar surface area (TPSA) is 33.1 Å². The summed E-state index contributed by atoms with van der Waals surface area (Å²) in [6.45, 7) is 2.21. The molecule has 0 bridgehead atoms. The molecule has 9 heteroatoms. The summed E-state index contributed by atoms with van der Waals surface area (Å²) in [5.41, 5.74) is -0.596. The molecule has 0 saturated carbocycles. The van der Waals surface area contributed by atoms with Crippen LogP contribution in [0.15, 0.2) is 49.1 Å². The molecule has 1 aromatic heterocycles. The third-order valence-electron chi connectivity index (χ3n) is 5.08. The molecule has 1 aromatic carbocycles. The molecule has 0 saturated heterocycles. The van der Waals surface area contributed by atoms with E-state index in [2.05, 4.69) is 22.5 Å². The minimum atomic E-state index is -4.44. The van der Waals surface area contributed by atoms with Gasteiger partial charge in [-0.3, -0.25) is 0 Å². The van der Waals surface area contributed by atoms with Crippen LogP contribution in [0.4, 0.5) is 18.9 Å². The van der Waals surface area contributed by atoms with Crippen molar-refractivity contribution in [2.45, 2.75) is 38.4 Å². The van der Waals surface area contributed by atoms with Gasteiger partial charge in [0.05, 0.1) is 22.6 Å². The first-order valence-corrected chi connectivity index (χ1v) is 10.6. The molecule has 0 fully saturated rings. The minimum absolute atomic E-state index is 0.166. The Morgan fingerprint density at radius 3 is 2.83 bits per heavy atom. The molecule has 1 aliphatic carbocycles. The monoisotopic (exact) mass is 456 g/mol. The second-order valence-corrected chi connectivity index (χ2v) is 8.17. The van der Waals surface area contributed by atoms with E-state index < -0.39 is 11.7 Å². The zero-order chi connectivity index (χ0) is 21.6. The summed E-state index contributed by atoms with van der Waals surface area (Å²) in [7, 11) is 0. The molecule has 0 radical (unpaired) electrons. The summed E-state index contributed by atoms with van der Waals surface area (Å²) < 4.78 is 41.2. The van der Waals surface area contributed by atoms with Crippen molar-refractivity contribution in [2.75, 3.05) is 18.4 Å². The van der Waals surface area contributed by atoms with Crippen molar-refractivity contribution in [1.29, 1.82) is 0 Å². The van der Waals surface area contributed by atoms with Gasteiger partial charge in [0.15, 0.2) is 5.11 Å². The van der Waals surface area contributed by atoms with Crippen molar-refractivity contribution in [3.63, 3.8) is 0 Å². The van der Waals surface area contributed by atoms with Crippen LogP contribution in [0.3, 0.4) is 0 Å². The summed E-state index contributed by atoms with van der Waals surface area (Å²) in [5, 5.41) is 3.53. The molecule has 1 heterocycles. The van der Waals surface area contributed by atoms with Crippen LogP contribution >= 0.6 is 23.8 Å². The fourth-order valence-electron chi connectivity index (χ4n) is 3.46. The molecule has 1 aliphatic rings. The van der Waals surface area contributed by atoms with Crippen LogP contribution in [-0.2, 0) is 12.7 Å². The molecule has 0 spiro atoms. The molecule has 0 aliphatic heterocycles. The molecule has 1 N–H and O–H groups in total. The number of anilines is 1. The summed E-state index contributed by atoms with van der Waals surface area (Å²) >= 11 is 11.7. The van der Waals surface area contributed by atoms with Crippen LogP contribution in [0.1, 0.15) is 31.2 Å². The van der Waals surface area contributed by atoms with Crippen LogP contribution in [-0.4, -0.2) is 32.7 Å². The number of halogens is 4. The molecule has 2 aromatic rings. The van der Waals surface area contributed by atoms with E-state index in [0.29, 0.717) is 17.6 Å². The lowest BCUT2D eigenvalue weighted by molar-refractivity contribution is -0.137. The average Bonchev–Trinajstić information content (AvgIpc) is 3.22. The maximum Gasteiger partial charge on any atom is 0.416 e. The lowest BCUT2D eigenvalue weighted by atomic mass is 9.94. The molecule has 4 nitrogen and oxygen atoms in total. The molecular weight excluding hydrogens is 433 g/mol. The number of alkyl halides is 3. The standard InChI is InChI=1S/C21H24ClF3N4S/c22-18-8-7-17(21(23,24)25)13-19(18)27-20(30)29(14-16-5-2-1-3-6-16)11-4-10-28-12-9-26-15-28/h1-2,7-9,12-13,15-16H,3-6,10-11,14H2,(H,27,30). The predicted molar refractivity (Wildman–Crippen MR) is 118 cm³/mol. The van der Waals surface area contributed by atoms with Crippen molar-refractivity contribution in [2.24, 2.45) is 5.92 Å². The first kappa shape index (κ1) is 22.6. The number of hydrogen-bond acceptors (Lipinski definition) is 2. The van der Waals surface area contributed by atoms with E-state index in [1.54, 1.807) is 12.5 Å². The zero-order valence-electron chi connectivity index (χ0n) is 16.4. The highest BCUT2D eigenvalue weighted by molar-refractivity contribution is 7.80. The number of nitrogens with one attached hydrogen (secondary N) is 1. The van der Waals surface area contributed by atoms with E-state index >= 15 is 0 Å². The minimum Gasteiger partial charge on any atom is -0.349 e. The van der Waals surface area contributed by atoms with Crippen LogP contribution in [0.5, 0.6) is 0 Å². The molecular formula is C21H24ClF3N4S. The number of hydrogen-bond donors (Lipinski definition) is 1. The molecule has 162 valence electrons. The second kappa shape index (κ2) is 10.3. The molecule has 1 unspecified atom stereocenters. The molecule has 1 atom stereocenters. The maximum atomic E-state index is 13.1. The lowest BCUT2D eigenvalue weighted by Gasteiger charge is -2.31. The number of thiocarbonyl (C=S) groups is 1. The number of imidazole rings is 1. The molecule has 0 amide bonds. The van der Waals surface area contributed by atoms with Crippen molar-refractivity contribution < 1.29 is 13.2 Å². The van der Waals surface area contributed by atoms with Gasteiger partial charge in [0.2, 0.25) is 0 Å². The number of nitrogens with zero attached hydrogens (tertiary/aromatic N) is 3. The van der Waals surface area contributed by atoms with E-state index in [1.165, 1.54) is 6.07 Å². The van der Waals surface area contributed by atoms with Crippen molar-refractivity contribution in [1.82, 2.24) is 14.5 Å². The zero-order valence-corrected chi connectivity index (χ0v) is 18.0. The Balaban J connectivity index is 1.69. The number of rotatable bonds is 7. The SMILES string of the molecule is FC(F)(F)c1ccc(Cl)c(NC(=S)N(CCCn2ccnc2)CC2CC=CCC2)c1. The average molecular weight is 457 g/mol. The van der Waals surface area contributed by atoms with Gasteiger partial charge in [0.1, 0.15) is 0 Å². The normalized spacial score (nSPS) is 16.5. The number of allylic oxidation sites excluding steroid dienone is 2. The highest BCUT2D eigenvalue weighted by Crippen LogP contribution is 2.34. The van der Waals surface area contributed by atoms with Gasteiger partial charge in [-0.2, -0.15) is 13.2 Å². The Hall–Kier alpha value is -2.06. The van der Waals surface area contributed by atoms with E-state index in [1.807, 2.05) is 15.7 Å². The van der Waals surface area contributed by atoms with Gasteiger partial charge >= 0.3 is 6.18 Å². The van der Waals surface area contributed by atoms with Crippen LogP contribution in [0, 0.1) is 5.92 Å². The van der Waals surface area contributed by atoms with Crippen molar-refractivity contribution in [3.05, 3.63) is 59.7 Å². The first-order chi connectivity index (χ1) is 14.3. The summed E-state index contributed by atoms with van der Waals surface area (Å²) in [6, 6.07) is 3.21. The Morgan fingerprint density at radius 1 is 1.33 bits per heavy atom. The smallest absolute Gasteiger partial charge is 0.349 e. The molecule has 30 heavy (non-hydrogen) atoms. The Bertz CT molecular complexity index is 868. The lowest BCUT2D eigenvalue weighted by Crippen LogP contribution is -2.39. The fraction of sp³-hybridized carbons (Fsp3) is 0.429. The number of aromatic nitrogens is 2. The quantitative estimate of drug-likeness (QED) is 0.409. The van der Waals surface area contributed by atoms with E-state index in [-0.39, 0.29) is 10.7 Å². The summed E-state index contributed by atoms with van der Waals surface area (Å²) in [4.78, 5) is 6.07. The van der Waals surface area contributed by atoms with Gasteiger partial charge in [-0.15, -0.1) is 0 Å². The van der Waals surface area contributed by atoms with Gasteiger partial charge < -0.3 is 14.8 Å². The predicted octanol–water partition coefficient (Wildman–Crippen LogP) is 6.00. The Morgan fingerprint density at radius 2 is 2.17 bits per heavy atom. The van der Waals surface area contributed by atoms with Crippen LogP contribution < -0.4 is 5.32 Å². The number of benzene rings is 1. The maximum absolute atomic E-state index is 13.1. The highest BCUT2D eigenvalue weighted by atomic mass is 35.5. The van der Waals surface area contributed by atoms with Crippen LogP contribution in [0.25, 0.3) is 0 Å². The molecule has 3 rings (SSSR count). The first-order valence-electron chi connectivity index (χ1n) is 9.86. The van der Waals surface area contributed by atoms with Gasteiger partial charge in [0, 0.05) is 32.0 Å². The highest BCUT2D eigenvalue weighted by Gasteiger charge is 2.31. The van der Waals surface area contributed by atoms with E-state index in [4.69, 9.17) is 23.8 Å². The van der Waals surface area contributed by atoms with Gasteiger partial charge in [-0.05, 0) is 62.0 Å². The summed E-state index contributed by atoms with van der Waals surface area (Å²) in [5.74, 6) is 0.458. The van der Waals surface area contributed by atoms with Gasteiger partial charge in [-0.25, -0.2) is 4.98 Å². The van der Waals surface area contributed by atoms with Crippen molar-refractivity contribution in [3.8, 4) is 0 Å². The Kier molecular flexibility index (Phi) is 7.77. The Labute approximate surface area is 184 Å². The van der Waals surface area contributed by atoms with E-state index in [9.17, 15) is 13.2 Å². The third kappa shape index (κ3) is 6.47. The largest absolute Gasteiger partial charge is 0.416 e. The number of aryl methyl sites for hydroxylation is 1. The van der Waals surface area contributed by atoms with Crippen molar-refractivity contribution >= 4 is 34.6 Å². The van der Waals surface area contributed by atoms with E-state index in [0.717, 1.165) is 50.9 Å². The van der Waals surface area contributed by atoms with Gasteiger partial charge in [-0.1, -0.05) is 23.8 Å². The second-order valence-electron chi connectivity index (χ2n) is 7.37.